The van der Waals surface area contributed by atoms with E-state index in [0.717, 1.165) is 47.7 Å². The molecule has 0 aliphatic heterocycles. The van der Waals surface area contributed by atoms with Gasteiger partial charge in [-0.15, -0.1) is 0 Å². The number of aryl methyl sites for hydroxylation is 1. The summed E-state index contributed by atoms with van der Waals surface area (Å²) in [6.45, 7) is 0. The lowest BCUT2D eigenvalue weighted by molar-refractivity contribution is -0.137. The summed E-state index contributed by atoms with van der Waals surface area (Å²) in [5.41, 5.74) is 13.6. The molecule has 224 valence electrons. The number of rotatable bonds is 11. The Balaban J connectivity index is 1.50. The van der Waals surface area contributed by atoms with Gasteiger partial charge in [-0.3, -0.25) is 9.59 Å². The van der Waals surface area contributed by atoms with Gasteiger partial charge < -0.3 is 16.8 Å². The topological polar surface area (TPSA) is 144 Å². The number of amides is 2. The minimum atomic E-state index is -4.71. The highest BCUT2D eigenvalue weighted by molar-refractivity contribution is 7.89. The first-order valence-electron chi connectivity index (χ1n) is 13.5. The van der Waals surface area contributed by atoms with Crippen LogP contribution in [0.1, 0.15) is 65.6 Å². The van der Waals surface area contributed by atoms with Crippen LogP contribution in [-0.4, -0.2) is 26.3 Å². The molecule has 2 amide bonds. The van der Waals surface area contributed by atoms with E-state index in [1.165, 1.54) is 0 Å². The Kier molecular flexibility index (Phi) is 9.70. The third-order valence-corrected chi connectivity index (χ3v) is 8.65. The van der Waals surface area contributed by atoms with Crippen molar-refractivity contribution in [2.45, 2.75) is 67.7 Å². The van der Waals surface area contributed by atoms with Crippen LogP contribution in [0.25, 0.3) is 0 Å². The molecule has 1 unspecified atom stereocenters. The number of carbonyl (C=O) groups is 2. The molecule has 6 N–H and O–H groups in total. The van der Waals surface area contributed by atoms with Crippen molar-refractivity contribution in [2.24, 2.45) is 11.5 Å². The van der Waals surface area contributed by atoms with E-state index in [2.05, 4.69) is 10.0 Å². The molecule has 42 heavy (non-hydrogen) atoms. The van der Waals surface area contributed by atoms with Gasteiger partial charge in [0.15, 0.2) is 0 Å². The van der Waals surface area contributed by atoms with Crippen LogP contribution in [0.4, 0.5) is 13.2 Å². The zero-order chi connectivity index (χ0) is 30.5. The molecule has 1 aliphatic rings. The lowest BCUT2D eigenvalue weighted by Crippen LogP contribution is -2.36. The highest BCUT2D eigenvalue weighted by atomic mass is 32.2. The molecule has 3 aromatic carbocycles. The average Bonchev–Trinajstić information content (AvgIpc) is 2.92. The Bertz CT molecular complexity index is 1530. The molecule has 0 saturated carbocycles. The summed E-state index contributed by atoms with van der Waals surface area (Å²) in [5.74, 6) is -0.879. The zero-order valence-corrected chi connectivity index (χ0v) is 23.5. The number of sulfonamides is 1. The highest BCUT2D eigenvalue weighted by Crippen LogP contribution is 2.33. The maximum Gasteiger partial charge on any atom is 0.416 e. The first-order valence-corrected chi connectivity index (χ1v) is 15.0. The van der Waals surface area contributed by atoms with Gasteiger partial charge in [0.2, 0.25) is 21.8 Å². The van der Waals surface area contributed by atoms with Crippen molar-refractivity contribution in [3.05, 3.63) is 101 Å². The van der Waals surface area contributed by atoms with E-state index in [0.29, 0.717) is 24.5 Å². The Morgan fingerprint density at radius 3 is 2.40 bits per heavy atom. The molecular formula is C30H33F3N4O4S. The van der Waals surface area contributed by atoms with Crippen LogP contribution in [0.15, 0.2) is 77.7 Å². The molecule has 0 spiro atoms. The maximum absolute atomic E-state index is 13.3. The lowest BCUT2D eigenvalue weighted by Gasteiger charge is -2.28. The molecule has 3 atom stereocenters. The van der Waals surface area contributed by atoms with E-state index in [1.54, 1.807) is 30.3 Å². The van der Waals surface area contributed by atoms with Gasteiger partial charge in [0.1, 0.15) is 0 Å². The zero-order valence-electron chi connectivity index (χ0n) is 22.7. The largest absolute Gasteiger partial charge is 0.416 e. The summed E-state index contributed by atoms with van der Waals surface area (Å²) >= 11 is 0. The van der Waals surface area contributed by atoms with Crippen LogP contribution in [-0.2, 0) is 38.6 Å². The molecule has 0 radical (unpaired) electrons. The van der Waals surface area contributed by atoms with Crippen molar-refractivity contribution in [1.29, 1.82) is 0 Å². The number of fused-ring (bicyclic) bond motifs is 1. The number of primary amides is 1. The predicted octanol–water partition coefficient (Wildman–Crippen LogP) is 4.05. The summed E-state index contributed by atoms with van der Waals surface area (Å²) < 4.78 is 68.4. The van der Waals surface area contributed by atoms with Gasteiger partial charge in [-0.2, -0.15) is 13.2 Å². The van der Waals surface area contributed by atoms with Gasteiger partial charge >= 0.3 is 6.18 Å². The summed E-state index contributed by atoms with van der Waals surface area (Å²) in [6, 6.07) is 16.0. The van der Waals surface area contributed by atoms with Gasteiger partial charge in [0, 0.05) is 18.9 Å². The van der Waals surface area contributed by atoms with Crippen LogP contribution in [0, 0.1) is 0 Å². The van der Waals surface area contributed by atoms with Crippen molar-refractivity contribution >= 4 is 21.8 Å². The maximum atomic E-state index is 13.3. The summed E-state index contributed by atoms with van der Waals surface area (Å²) in [5, 5.41) is 3.01. The highest BCUT2D eigenvalue weighted by Gasteiger charge is 2.33. The monoisotopic (exact) mass is 602 g/mol. The number of carbonyl (C=O) groups excluding carboxylic acids is 2. The van der Waals surface area contributed by atoms with Gasteiger partial charge in [0.05, 0.1) is 22.5 Å². The summed E-state index contributed by atoms with van der Waals surface area (Å²) in [6.07, 6.45) is -2.10. The number of halogens is 3. The minimum Gasteiger partial charge on any atom is -0.370 e. The molecule has 1 aliphatic carbocycles. The van der Waals surface area contributed by atoms with E-state index in [9.17, 15) is 31.2 Å². The quantitative estimate of drug-likeness (QED) is 0.262. The molecule has 4 rings (SSSR count). The summed E-state index contributed by atoms with van der Waals surface area (Å²) in [7, 11) is -4.41. The summed E-state index contributed by atoms with van der Waals surface area (Å²) in [4.78, 5) is 23.9. The molecule has 0 bridgehead atoms. The molecule has 12 heteroatoms. The number of nitrogens with one attached hydrogen (secondary N) is 2. The molecule has 8 nitrogen and oxygen atoms in total. The van der Waals surface area contributed by atoms with Crippen LogP contribution in [0.2, 0.25) is 0 Å². The van der Waals surface area contributed by atoms with Gasteiger partial charge in [-0.1, -0.05) is 54.6 Å². The van der Waals surface area contributed by atoms with Crippen molar-refractivity contribution in [1.82, 2.24) is 10.0 Å². The number of nitrogens with two attached hydrogens (primary N) is 2. The van der Waals surface area contributed by atoms with E-state index >= 15 is 0 Å². The van der Waals surface area contributed by atoms with E-state index in [4.69, 9.17) is 11.5 Å². The van der Waals surface area contributed by atoms with Crippen molar-refractivity contribution in [3.8, 4) is 0 Å². The molecule has 0 aromatic heterocycles. The van der Waals surface area contributed by atoms with Gasteiger partial charge in [-0.05, 0) is 66.1 Å². The van der Waals surface area contributed by atoms with E-state index in [-0.39, 0.29) is 18.9 Å². The second-order valence-corrected chi connectivity index (χ2v) is 12.2. The standard InChI is InChI=1S/C30H33F3N4O4S/c31-30(32,33)22-9-5-10-24(16-22)42(40,41)37-27(20-6-2-1-3-7-20)18-29(39)36-26-11-4-8-21-14-19(12-13-25(21)26)15-23(34)17-28(35)38/h1-3,5-7,9-10,12-14,16,23,26-27,37H,4,8,11,15,17-18,34H2,(H2,35,38)(H,36,39)/t23?,26-,27-/m1/s1. The number of hydrogen-bond acceptors (Lipinski definition) is 5. The third-order valence-electron chi connectivity index (χ3n) is 7.18. The van der Waals surface area contributed by atoms with Crippen molar-refractivity contribution in [3.63, 3.8) is 0 Å². The number of benzene rings is 3. The Labute approximate surface area is 242 Å². The van der Waals surface area contributed by atoms with Gasteiger partial charge in [-0.25, -0.2) is 13.1 Å². The van der Waals surface area contributed by atoms with E-state index in [1.807, 2.05) is 18.2 Å². The van der Waals surface area contributed by atoms with Crippen LogP contribution >= 0.6 is 0 Å². The fourth-order valence-corrected chi connectivity index (χ4v) is 6.49. The molecule has 0 saturated heterocycles. The number of alkyl halides is 3. The normalized spacial score (nSPS) is 16.7. The molecular weight excluding hydrogens is 569 g/mol. The Morgan fingerprint density at radius 1 is 0.976 bits per heavy atom. The van der Waals surface area contributed by atoms with E-state index < -0.39 is 50.6 Å². The van der Waals surface area contributed by atoms with Crippen molar-refractivity contribution in [2.75, 3.05) is 0 Å². The fourth-order valence-electron chi connectivity index (χ4n) is 5.22. The molecule has 0 heterocycles. The second kappa shape index (κ2) is 13.1. The second-order valence-electron chi connectivity index (χ2n) is 10.5. The first kappa shape index (κ1) is 31.2. The third kappa shape index (κ3) is 8.17. The fraction of sp³-hybridized carbons (Fsp3) is 0.333. The van der Waals surface area contributed by atoms with Crippen LogP contribution in [0.3, 0.4) is 0 Å². The smallest absolute Gasteiger partial charge is 0.370 e. The average molecular weight is 603 g/mol. The SMILES string of the molecule is NC(=O)CC(N)Cc1ccc2c(c1)CCC[C@H]2NC(=O)C[C@@H](NS(=O)(=O)c1cccc(C(F)(F)F)c1)c1ccccc1. The lowest BCUT2D eigenvalue weighted by atomic mass is 9.85. The predicted molar refractivity (Wildman–Crippen MR) is 151 cm³/mol. The molecule has 3 aromatic rings. The minimum absolute atomic E-state index is 0.0792. The first-order chi connectivity index (χ1) is 19.8. The Hall–Kier alpha value is -3.74. The number of hydrogen-bond donors (Lipinski definition) is 4. The van der Waals surface area contributed by atoms with Crippen molar-refractivity contribution < 1.29 is 31.2 Å². The molecule has 0 fully saturated rings. The van der Waals surface area contributed by atoms with Gasteiger partial charge in [0.25, 0.3) is 0 Å². The van der Waals surface area contributed by atoms with Crippen LogP contribution < -0.4 is 21.5 Å². The Morgan fingerprint density at radius 2 is 1.71 bits per heavy atom. The van der Waals surface area contributed by atoms with Crippen LogP contribution in [0.5, 0.6) is 0 Å².